The number of nitrogens with zero attached hydrogens (tertiary/aromatic N) is 4. The average Bonchev–Trinajstić information content (AvgIpc) is 2.77. The number of hydrogen-bond acceptors (Lipinski definition) is 5. The van der Waals surface area contributed by atoms with E-state index in [1.54, 1.807) is 35.2 Å². The molecule has 3 rings (SSSR count). The number of benzene rings is 1. The maximum absolute atomic E-state index is 12.3. The lowest BCUT2D eigenvalue weighted by Gasteiger charge is -2.34. The van der Waals surface area contributed by atoms with E-state index in [1.807, 2.05) is 36.4 Å². The van der Waals surface area contributed by atoms with Gasteiger partial charge in [0.15, 0.2) is 0 Å². The highest BCUT2D eigenvalue weighted by Gasteiger charge is 2.22. The van der Waals surface area contributed by atoms with Crippen molar-refractivity contribution in [1.29, 1.82) is 0 Å². The van der Waals surface area contributed by atoms with Gasteiger partial charge in [0.2, 0.25) is 0 Å². The summed E-state index contributed by atoms with van der Waals surface area (Å²) in [7, 11) is 1.79. The molecule has 1 aliphatic rings. The lowest BCUT2D eigenvalue weighted by molar-refractivity contribution is 0.0658. The summed E-state index contributed by atoms with van der Waals surface area (Å²) in [6, 6.07) is 15.0. The number of hydrogen-bond donors (Lipinski definition) is 0. The molecule has 2 aromatic rings. The molecule has 7 heteroatoms. The minimum Gasteiger partial charge on any atom is -0.445 e. The Balaban J connectivity index is 1.37. The first kappa shape index (κ1) is 19.8. The summed E-state index contributed by atoms with van der Waals surface area (Å²) < 4.78 is 5.39. The van der Waals surface area contributed by atoms with E-state index in [2.05, 4.69) is 9.88 Å². The normalized spacial score (nSPS) is 14.5. The molecular weight excluding hydrogens is 356 g/mol. The maximum atomic E-state index is 12.3. The van der Waals surface area contributed by atoms with Crippen molar-refractivity contribution >= 4 is 12.0 Å². The third kappa shape index (κ3) is 5.53. The summed E-state index contributed by atoms with van der Waals surface area (Å²) in [5.41, 5.74) is 1.44. The second-order valence-electron chi connectivity index (χ2n) is 6.81. The monoisotopic (exact) mass is 382 g/mol. The van der Waals surface area contributed by atoms with Gasteiger partial charge < -0.3 is 14.5 Å². The van der Waals surface area contributed by atoms with Crippen LogP contribution in [0.25, 0.3) is 0 Å². The van der Waals surface area contributed by atoms with Crippen LogP contribution in [0.5, 0.6) is 0 Å². The van der Waals surface area contributed by atoms with E-state index in [0.29, 0.717) is 31.9 Å². The number of amides is 2. The summed E-state index contributed by atoms with van der Waals surface area (Å²) >= 11 is 0. The van der Waals surface area contributed by atoms with Gasteiger partial charge in [-0.3, -0.25) is 14.7 Å². The van der Waals surface area contributed by atoms with E-state index >= 15 is 0 Å². The number of carbonyl (C=O) groups is 2. The predicted molar refractivity (Wildman–Crippen MR) is 106 cm³/mol. The Labute approximate surface area is 165 Å². The second kappa shape index (κ2) is 9.85. The van der Waals surface area contributed by atoms with Gasteiger partial charge in [-0.05, 0) is 17.7 Å². The number of likely N-dealkylation sites (N-methyl/N-ethyl adjacent to an activating group) is 1. The Morgan fingerprint density at radius 2 is 1.75 bits per heavy atom. The van der Waals surface area contributed by atoms with Crippen molar-refractivity contribution in [3.8, 4) is 0 Å². The van der Waals surface area contributed by atoms with Crippen LogP contribution in [0.3, 0.4) is 0 Å². The molecule has 0 atom stereocenters. The molecule has 2 heterocycles. The SMILES string of the molecule is CN(CCN1CCN(C(=O)OCc2ccccc2)CC1)C(=O)c1ccccn1. The lowest BCUT2D eigenvalue weighted by atomic mass is 10.2. The predicted octanol–water partition coefficient (Wildman–Crippen LogP) is 2.11. The van der Waals surface area contributed by atoms with Crippen molar-refractivity contribution in [1.82, 2.24) is 19.7 Å². The molecular formula is C21H26N4O3. The van der Waals surface area contributed by atoms with Crippen molar-refractivity contribution in [3.05, 3.63) is 66.0 Å². The molecule has 0 spiro atoms. The van der Waals surface area contributed by atoms with E-state index in [0.717, 1.165) is 25.2 Å². The summed E-state index contributed by atoms with van der Waals surface area (Å²) in [6.45, 7) is 4.48. The Hall–Kier alpha value is -2.93. The van der Waals surface area contributed by atoms with Crippen LogP contribution in [-0.4, -0.2) is 78.0 Å². The van der Waals surface area contributed by atoms with Crippen LogP contribution < -0.4 is 0 Å². The second-order valence-corrected chi connectivity index (χ2v) is 6.81. The van der Waals surface area contributed by atoms with Crippen LogP contribution in [0.4, 0.5) is 4.79 Å². The average molecular weight is 382 g/mol. The number of pyridine rings is 1. The first-order valence-corrected chi connectivity index (χ1v) is 9.48. The molecule has 0 saturated carbocycles. The van der Waals surface area contributed by atoms with E-state index in [-0.39, 0.29) is 12.0 Å². The standard InChI is InChI=1S/C21H26N4O3/c1-23(20(26)19-9-5-6-10-22-19)11-12-24-13-15-25(16-14-24)21(27)28-17-18-7-3-2-4-8-18/h2-10H,11-17H2,1H3. The van der Waals surface area contributed by atoms with Crippen molar-refractivity contribution < 1.29 is 14.3 Å². The zero-order valence-electron chi connectivity index (χ0n) is 16.2. The molecule has 1 fully saturated rings. The van der Waals surface area contributed by atoms with Gasteiger partial charge in [-0.15, -0.1) is 0 Å². The van der Waals surface area contributed by atoms with Crippen molar-refractivity contribution in [3.63, 3.8) is 0 Å². The van der Waals surface area contributed by atoms with Crippen LogP contribution in [0, 0.1) is 0 Å². The molecule has 0 unspecified atom stereocenters. The first-order valence-electron chi connectivity index (χ1n) is 9.48. The number of rotatable bonds is 6. The van der Waals surface area contributed by atoms with Crippen LogP contribution in [0.2, 0.25) is 0 Å². The quantitative estimate of drug-likeness (QED) is 0.766. The molecule has 7 nitrogen and oxygen atoms in total. The fourth-order valence-electron chi connectivity index (χ4n) is 3.04. The van der Waals surface area contributed by atoms with Crippen LogP contribution in [0.1, 0.15) is 16.1 Å². The number of carbonyl (C=O) groups excluding carboxylic acids is 2. The third-order valence-electron chi connectivity index (χ3n) is 4.82. The van der Waals surface area contributed by atoms with Gasteiger partial charge in [0.25, 0.3) is 5.91 Å². The molecule has 28 heavy (non-hydrogen) atoms. The minimum atomic E-state index is -0.272. The zero-order chi connectivity index (χ0) is 19.8. The van der Waals surface area contributed by atoms with Crippen LogP contribution in [0.15, 0.2) is 54.7 Å². The summed E-state index contributed by atoms with van der Waals surface area (Å²) in [4.78, 5) is 34.3. The summed E-state index contributed by atoms with van der Waals surface area (Å²) in [5.74, 6) is -0.0799. The molecule has 1 aliphatic heterocycles. The molecule has 2 amide bonds. The van der Waals surface area contributed by atoms with Crippen LogP contribution >= 0.6 is 0 Å². The van der Waals surface area contributed by atoms with Crippen molar-refractivity contribution in [2.24, 2.45) is 0 Å². The maximum Gasteiger partial charge on any atom is 0.410 e. The van der Waals surface area contributed by atoms with E-state index < -0.39 is 0 Å². The number of ether oxygens (including phenoxy) is 1. The van der Waals surface area contributed by atoms with Gasteiger partial charge in [0, 0.05) is 52.5 Å². The third-order valence-corrected chi connectivity index (χ3v) is 4.82. The van der Waals surface area contributed by atoms with Gasteiger partial charge in [-0.2, -0.15) is 0 Å². The smallest absolute Gasteiger partial charge is 0.410 e. The highest BCUT2D eigenvalue weighted by atomic mass is 16.6. The molecule has 1 aromatic heterocycles. The molecule has 0 aliphatic carbocycles. The van der Waals surface area contributed by atoms with Gasteiger partial charge in [-0.1, -0.05) is 36.4 Å². The Bertz CT molecular complexity index is 762. The number of aromatic nitrogens is 1. The molecule has 148 valence electrons. The fourth-order valence-corrected chi connectivity index (χ4v) is 3.04. The number of piperazine rings is 1. The zero-order valence-corrected chi connectivity index (χ0v) is 16.2. The highest BCUT2D eigenvalue weighted by molar-refractivity contribution is 5.92. The fraction of sp³-hybridized carbons (Fsp3) is 0.381. The lowest BCUT2D eigenvalue weighted by Crippen LogP contribution is -2.50. The molecule has 0 N–H and O–H groups in total. The van der Waals surface area contributed by atoms with Crippen LogP contribution in [-0.2, 0) is 11.3 Å². The minimum absolute atomic E-state index is 0.0799. The highest BCUT2D eigenvalue weighted by Crippen LogP contribution is 2.07. The Kier molecular flexibility index (Phi) is 6.97. The molecule has 1 aromatic carbocycles. The molecule has 0 bridgehead atoms. The first-order chi connectivity index (χ1) is 13.6. The topological polar surface area (TPSA) is 66.0 Å². The van der Waals surface area contributed by atoms with Gasteiger partial charge in [0.05, 0.1) is 0 Å². The van der Waals surface area contributed by atoms with E-state index in [1.165, 1.54) is 0 Å². The largest absolute Gasteiger partial charge is 0.445 e. The Morgan fingerprint density at radius 3 is 2.43 bits per heavy atom. The van der Waals surface area contributed by atoms with Gasteiger partial charge >= 0.3 is 6.09 Å². The van der Waals surface area contributed by atoms with E-state index in [4.69, 9.17) is 4.74 Å². The van der Waals surface area contributed by atoms with E-state index in [9.17, 15) is 9.59 Å². The molecule has 1 saturated heterocycles. The van der Waals surface area contributed by atoms with Crippen molar-refractivity contribution in [2.45, 2.75) is 6.61 Å². The molecule has 0 radical (unpaired) electrons. The summed E-state index contributed by atoms with van der Waals surface area (Å²) in [6.07, 6.45) is 1.35. The van der Waals surface area contributed by atoms with Gasteiger partial charge in [0.1, 0.15) is 12.3 Å². The Morgan fingerprint density at radius 1 is 1.04 bits per heavy atom. The van der Waals surface area contributed by atoms with Crippen molar-refractivity contribution in [2.75, 3.05) is 46.3 Å². The van der Waals surface area contributed by atoms with Gasteiger partial charge in [-0.25, -0.2) is 4.79 Å². The summed E-state index contributed by atoms with van der Waals surface area (Å²) in [5, 5.41) is 0.